The SMILES string of the molecule is CCCCCCCCCOP(=O)([O-])OCC[N+](C)(C)C. The minimum Gasteiger partial charge on any atom is -0.756 e. The maximum absolute atomic E-state index is 11.5. The van der Waals surface area contributed by atoms with Gasteiger partial charge in [0.05, 0.1) is 27.7 Å². The summed E-state index contributed by atoms with van der Waals surface area (Å²) in [4.78, 5) is 11.5. The molecule has 0 spiro atoms. The highest BCUT2D eigenvalue weighted by molar-refractivity contribution is 7.45. The second kappa shape index (κ2) is 10.7. The zero-order chi connectivity index (χ0) is 15.5. The summed E-state index contributed by atoms with van der Waals surface area (Å²) in [6, 6.07) is 0. The molecule has 0 N–H and O–H groups in total. The van der Waals surface area contributed by atoms with Gasteiger partial charge in [-0.05, 0) is 6.42 Å². The average Bonchev–Trinajstić information content (AvgIpc) is 2.30. The van der Waals surface area contributed by atoms with Crippen molar-refractivity contribution in [3.05, 3.63) is 0 Å². The van der Waals surface area contributed by atoms with Gasteiger partial charge in [-0.1, -0.05) is 45.4 Å². The standard InChI is InChI=1S/C14H32NO4P/c1-5-6-7-8-9-10-11-13-18-20(16,17)19-14-12-15(2,3)4/h5-14H2,1-4H3. The molecule has 0 aromatic rings. The van der Waals surface area contributed by atoms with Crippen LogP contribution in [0.25, 0.3) is 0 Å². The number of nitrogens with zero attached hydrogens (tertiary/aromatic N) is 1. The van der Waals surface area contributed by atoms with Crippen LogP contribution >= 0.6 is 7.82 Å². The number of rotatable bonds is 13. The fourth-order valence-electron chi connectivity index (χ4n) is 1.70. The van der Waals surface area contributed by atoms with Crippen LogP contribution < -0.4 is 4.89 Å². The summed E-state index contributed by atoms with van der Waals surface area (Å²) in [5.41, 5.74) is 0. The molecule has 0 aliphatic rings. The molecule has 0 heterocycles. The minimum absolute atomic E-state index is 0.168. The van der Waals surface area contributed by atoms with Crippen molar-refractivity contribution in [3.63, 3.8) is 0 Å². The van der Waals surface area contributed by atoms with E-state index >= 15 is 0 Å². The van der Waals surface area contributed by atoms with Crippen molar-refractivity contribution in [3.8, 4) is 0 Å². The van der Waals surface area contributed by atoms with Crippen LogP contribution in [0.2, 0.25) is 0 Å². The molecule has 0 aliphatic carbocycles. The fourth-order valence-corrected chi connectivity index (χ4v) is 2.43. The van der Waals surface area contributed by atoms with Crippen LogP contribution in [0.4, 0.5) is 0 Å². The van der Waals surface area contributed by atoms with Gasteiger partial charge in [-0.2, -0.15) is 0 Å². The van der Waals surface area contributed by atoms with Gasteiger partial charge in [0, 0.05) is 0 Å². The molecule has 0 aromatic heterocycles. The van der Waals surface area contributed by atoms with Crippen molar-refractivity contribution < 1.29 is 23.0 Å². The molecular formula is C14H32NO4P. The van der Waals surface area contributed by atoms with Gasteiger partial charge in [0.25, 0.3) is 7.82 Å². The van der Waals surface area contributed by atoms with E-state index in [1.54, 1.807) is 0 Å². The van der Waals surface area contributed by atoms with E-state index in [1.165, 1.54) is 25.7 Å². The van der Waals surface area contributed by atoms with Crippen LogP contribution in [-0.2, 0) is 13.6 Å². The molecule has 6 heteroatoms. The number of hydrogen-bond acceptors (Lipinski definition) is 4. The molecule has 0 saturated carbocycles. The minimum atomic E-state index is -4.10. The van der Waals surface area contributed by atoms with Gasteiger partial charge in [-0.3, -0.25) is 4.57 Å². The Labute approximate surface area is 124 Å². The lowest BCUT2D eigenvalue weighted by molar-refractivity contribution is -0.870. The molecule has 122 valence electrons. The molecule has 0 rings (SSSR count). The number of quaternary nitrogens is 1. The first-order valence-corrected chi connectivity index (χ1v) is 9.13. The first-order chi connectivity index (χ1) is 9.27. The topological polar surface area (TPSA) is 58.6 Å². The lowest BCUT2D eigenvalue weighted by atomic mass is 10.1. The number of unbranched alkanes of at least 4 members (excludes halogenated alkanes) is 6. The summed E-state index contributed by atoms with van der Waals surface area (Å²) in [6.45, 7) is 3.23. The fraction of sp³-hybridized carbons (Fsp3) is 1.00. The lowest BCUT2D eigenvalue weighted by Crippen LogP contribution is -2.37. The number of hydrogen-bond donors (Lipinski definition) is 0. The van der Waals surface area contributed by atoms with E-state index in [2.05, 4.69) is 6.92 Å². The molecule has 0 bridgehead atoms. The van der Waals surface area contributed by atoms with Crippen LogP contribution in [0.3, 0.4) is 0 Å². The third-order valence-corrected chi connectivity index (χ3v) is 4.01. The number of phosphoric ester groups is 1. The molecule has 20 heavy (non-hydrogen) atoms. The monoisotopic (exact) mass is 309 g/mol. The summed E-state index contributed by atoms with van der Waals surface area (Å²) >= 11 is 0. The Kier molecular flexibility index (Phi) is 10.8. The summed E-state index contributed by atoms with van der Waals surface area (Å²) in [7, 11) is 1.85. The van der Waals surface area contributed by atoms with E-state index in [9.17, 15) is 9.46 Å². The van der Waals surface area contributed by atoms with E-state index in [0.29, 0.717) is 11.0 Å². The van der Waals surface area contributed by atoms with E-state index in [4.69, 9.17) is 9.05 Å². The molecular weight excluding hydrogens is 277 g/mol. The molecule has 0 radical (unpaired) electrons. The Balaban J connectivity index is 3.50. The summed E-state index contributed by atoms with van der Waals surface area (Å²) < 4.78 is 21.8. The zero-order valence-electron chi connectivity index (χ0n) is 13.6. The highest BCUT2D eigenvalue weighted by Gasteiger charge is 2.12. The molecule has 0 aromatic carbocycles. The number of phosphoric acid groups is 1. The van der Waals surface area contributed by atoms with Gasteiger partial charge in [-0.25, -0.2) is 0 Å². The van der Waals surface area contributed by atoms with E-state index in [-0.39, 0.29) is 13.2 Å². The van der Waals surface area contributed by atoms with Crippen molar-refractivity contribution in [1.29, 1.82) is 0 Å². The molecule has 0 amide bonds. The van der Waals surface area contributed by atoms with Gasteiger partial charge in [-0.15, -0.1) is 0 Å². The first kappa shape index (κ1) is 20.1. The van der Waals surface area contributed by atoms with Gasteiger partial charge in [0.15, 0.2) is 0 Å². The van der Waals surface area contributed by atoms with Crippen molar-refractivity contribution in [1.82, 2.24) is 0 Å². The van der Waals surface area contributed by atoms with Gasteiger partial charge in [0.1, 0.15) is 13.2 Å². The molecule has 5 nitrogen and oxygen atoms in total. The molecule has 1 unspecified atom stereocenters. The third-order valence-electron chi connectivity index (χ3n) is 3.01. The first-order valence-electron chi connectivity index (χ1n) is 7.67. The highest BCUT2D eigenvalue weighted by atomic mass is 31.2. The van der Waals surface area contributed by atoms with Crippen LogP contribution in [0, 0.1) is 0 Å². The van der Waals surface area contributed by atoms with Gasteiger partial charge >= 0.3 is 0 Å². The Bertz CT molecular complexity index is 279. The Morgan fingerprint density at radius 1 is 0.900 bits per heavy atom. The van der Waals surface area contributed by atoms with Crippen LogP contribution in [0.1, 0.15) is 51.9 Å². The molecule has 0 saturated heterocycles. The van der Waals surface area contributed by atoms with Crippen LogP contribution in [0.5, 0.6) is 0 Å². The largest absolute Gasteiger partial charge is 0.756 e. The maximum Gasteiger partial charge on any atom is 0.268 e. The van der Waals surface area contributed by atoms with Crippen LogP contribution in [-0.4, -0.2) is 45.4 Å². The summed E-state index contributed by atoms with van der Waals surface area (Å²) in [6.07, 6.45) is 7.96. The van der Waals surface area contributed by atoms with E-state index in [1.807, 2.05) is 21.1 Å². The quantitative estimate of drug-likeness (QED) is 0.298. The van der Waals surface area contributed by atoms with Crippen molar-refractivity contribution in [2.24, 2.45) is 0 Å². The van der Waals surface area contributed by atoms with Gasteiger partial charge in [0.2, 0.25) is 0 Å². The molecule has 0 fully saturated rings. The van der Waals surface area contributed by atoms with Crippen molar-refractivity contribution >= 4 is 7.82 Å². The Morgan fingerprint density at radius 2 is 1.40 bits per heavy atom. The second-order valence-corrected chi connectivity index (χ2v) is 7.66. The Morgan fingerprint density at radius 3 is 1.95 bits per heavy atom. The smallest absolute Gasteiger partial charge is 0.268 e. The summed E-state index contributed by atoms with van der Waals surface area (Å²) in [5, 5.41) is 0. The Hall–Kier alpha value is 0.0700. The summed E-state index contributed by atoms with van der Waals surface area (Å²) in [5.74, 6) is 0. The number of likely N-dealkylation sites (N-methyl/N-ethyl adjacent to an activating group) is 1. The van der Waals surface area contributed by atoms with E-state index in [0.717, 1.165) is 19.3 Å². The normalized spacial score (nSPS) is 15.2. The molecule has 0 aliphatic heterocycles. The average molecular weight is 309 g/mol. The second-order valence-electron chi connectivity index (χ2n) is 6.25. The lowest BCUT2D eigenvalue weighted by Gasteiger charge is -2.27. The third kappa shape index (κ3) is 14.5. The predicted octanol–water partition coefficient (Wildman–Crippen LogP) is 2.94. The molecule has 1 atom stereocenters. The zero-order valence-corrected chi connectivity index (χ0v) is 14.5. The van der Waals surface area contributed by atoms with E-state index < -0.39 is 7.82 Å². The van der Waals surface area contributed by atoms with Crippen LogP contribution in [0.15, 0.2) is 0 Å². The van der Waals surface area contributed by atoms with Crippen molar-refractivity contribution in [2.45, 2.75) is 51.9 Å². The van der Waals surface area contributed by atoms with Crippen molar-refractivity contribution in [2.75, 3.05) is 40.9 Å². The predicted molar refractivity (Wildman–Crippen MR) is 80.4 cm³/mol. The maximum atomic E-state index is 11.5. The highest BCUT2D eigenvalue weighted by Crippen LogP contribution is 2.38. The van der Waals surface area contributed by atoms with Gasteiger partial charge < -0.3 is 18.4 Å².